The molecule has 2 aliphatic heterocycles. The number of phenolic OH excluding ortho intramolecular Hbond substituents is 1. The molecular formula is C33H26BrCl2F5N2O6. The summed E-state index contributed by atoms with van der Waals surface area (Å²) in [5, 5.41) is 10.6. The molecule has 260 valence electrons. The van der Waals surface area contributed by atoms with E-state index in [0.29, 0.717) is 18.4 Å². The largest absolute Gasteiger partial charge is 0.503 e. The SMILES string of the molecule is COc1cc([C@H]2C3=CC[C@@H]4C(=O)N(C5CCCCC5)C(=O)[C@@H]4[C@@H]3C[C@@]3(Cl)C(=O)N(c4c(F)c(F)c(F)c(F)c4F)C(=O)[C@@]23Cl)cc(Br)c1O. The quantitative estimate of drug-likeness (QED) is 0.0918. The van der Waals surface area contributed by atoms with Crippen LogP contribution >= 0.6 is 39.1 Å². The van der Waals surface area contributed by atoms with Gasteiger partial charge in [-0.1, -0.05) is 30.9 Å². The lowest BCUT2D eigenvalue weighted by Crippen LogP contribution is -2.60. The van der Waals surface area contributed by atoms with Gasteiger partial charge in [0.05, 0.1) is 23.4 Å². The Labute approximate surface area is 294 Å². The summed E-state index contributed by atoms with van der Waals surface area (Å²) < 4.78 is 78.7. The molecule has 2 saturated heterocycles. The summed E-state index contributed by atoms with van der Waals surface area (Å²) in [4.78, 5) is 52.5. The number of carbonyl (C=O) groups excluding carboxylic acids is 4. The van der Waals surface area contributed by atoms with Crippen molar-refractivity contribution in [2.24, 2.45) is 17.8 Å². The molecule has 7 rings (SSSR count). The minimum Gasteiger partial charge on any atom is -0.503 e. The number of imide groups is 2. The molecule has 0 spiro atoms. The van der Waals surface area contributed by atoms with Crippen LogP contribution in [-0.4, -0.2) is 56.5 Å². The van der Waals surface area contributed by atoms with Gasteiger partial charge in [-0.3, -0.25) is 24.1 Å². The van der Waals surface area contributed by atoms with Crippen LogP contribution in [0, 0.1) is 46.8 Å². The van der Waals surface area contributed by atoms with Crippen molar-refractivity contribution in [1.82, 2.24) is 4.90 Å². The van der Waals surface area contributed by atoms with Crippen LogP contribution in [-0.2, 0) is 19.2 Å². The van der Waals surface area contributed by atoms with E-state index in [0.717, 1.165) is 19.3 Å². The number of halogens is 8. The van der Waals surface area contributed by atoms with Crippen LogP contribution < -0.4 is 9.64 Å². The summed E-state index contributed by atoms with van der Waals surface area (Å²) in [5.41, 5.74) is -1.45. The van der Waals surface area contributed by atoms with E-state index in [-0.39, 0.29) is 44.8 Å². The van der Waals surface area contributed by atoms with Gasteiger partial charge in [-0.25, -0.2) is 26.9 Å². The van der Waals surface area contributed by atoms with Gasteiger partial charge in [0.25, 0.3) is 11.8 Å². The zero-order chi connectivity index (χ0) is 35.5. The maximum absolute atomic E-state index is 15.2. The zero-order valence-electron chi connectivity index (χ0n) is 25.5. The molecule has 6 atom stereocenters. The fraction of sp³-hybridized carbons (Fsp3) is 0.455. The summed E-state index contributed by atoms with van der Waals surface area (Å²) in [5.74, 6) is -21.1. The second-order valence-corrected chi connectivity index (χ2v) is 15.2. The average molecular weight is 792 g/mol. The molecule has 0 aromatic heterocycles. The molecule has 0 radical (unpaired) electrons. The molecule has 2 saturated carbocycles. The van der Waals surface area contributed by atoms with Crippen LogP contribution in [0.5, 0.6) is 11.5 Å². The Morgan fingerprint density at radius 1 is 0.878 bits per heavy atom. The molecule has 16 heteroatoms. The van der Waals surface area contributed by atoms with E-state index in [2.05, 4.69) is 15.9 Å². The minimum absolute atomic E-state index is 0.0442. The molecule has 3 aliphatic carbocycles. The lowest BCUT2D eigenvalue weighted by Gasteiger charge is -2.50. The van der Waals surface area contributed by atoms with Crippen LogP contribution in [0.3, 0.4) is 0 Å². The summed E-state index contributed by atoms with van der Waals surface area (Å²) >= 11 is 17.5. The first kappa shape index (κ1) is 34.2. The summed E-state index contributed by atoms with van der Waals surface area (Å²) in [6.07, 6.45) is 4.94. The number of allylic oxidation sites excluding steroid dienone is 2. The third-order valence-electron chi connectivity index (χ3n) is 10.8. The number of amides is 4. The Bertz CT molecular complexity index is 1880. The van der Waals surface area contributed by atoms with E-state index in [1.54, 1.807) is 6.08 Å². The number of phenols is 1. The Hall–Kier alpha value is -3.23. The van der Waals surface area contributed by atoms with Crippen LogP contribution in [0.2, 0.25) is 0 Å². The maximum Gasteiger partial charge on any atom is 0.258 e. The first-order valence-corrected chi connectivity index (χ1v) is 17.1. The van der Waals surface area contributed by atoms with Crippen LogP contribution in [0.1, 0.15) is 56.4 Å². The first-order chi connectivity index (χ1) is 23.1. The number of likely N-dealkylation sites (tertiary alicyclic amines) is 1. The van der Waals surface area contributed by atoms with Crippen molar-refractivity contribution >= 4 is 68.4 Å². The van der Waals surface area contributed by atoms with Gasteiger partial charge in [0, 0.05) is 12.0 Å². The van der Waals surface area contributed by atoms with Crippen molar-refractivity contribution in [2.75, 3.05) is 12.0 Å². The second kappa shape index (κ2) is 11.7. The highest BCUT2D eigenvalue weighted by molar-refractivity contribution is 9.10. The highest BCUT2D eigenvalue weighted by atomic mass is 79.9. The molecule has 49 heavy (non-hydrogen) atoms. The number of anilines is 1. The van der Waals surface area contributed by atoms with Crippen molar-refractivity contribution in [3.8, 4) is 11.5 Å². The Morgan fingerprint density at radius 3 is 2.10 bits per heavy atom. The van der Waals surface area contributed by atoms with E-state index >= 15 is 8.78 Å². The first-order valence-electron chi connectivity index (χ1n) is 15.5. The van der Waals surface area contributed by atoms with Gasteiger partial charge in [0.1, 0.15) is 5.69 Å². The van der Waals surface area contributed by atoms with Gasteiger partial charge in [0.2, 0.25) is 17.6 Å². The highest BCUT2D eigenvalue weighted by Gasteiger charge is 2.77. The number of aromatic hydroxyl groups is 1. The number of carbonyl (C=O) groups is 4. The maximum atomic E-state index is 15.2. The smallest absolute Gasteiger partial charge is 0.258 e. The fourth-order valence-electron chi connectivity index (χ4n) is 8.58. The normalized spacial score (nSPS) is 31.6. The van der Waals surface area contributed by atoms with Gasteiger partial charge in [-0.2, -0.15) is 0 Å². The van der Waals surface area contributed by atoms with Crippen molar-refractivity contribution in [3.05, 3.63) is 62.9 Å². The van der Waals surface area contributed by atoms with Crippen molar-refractivity contribution in [1.29, 1.82) is 0 Å². The molecule has 4 fully saturated rings. The molecule has 2 aromatic rings. The van der Waals surface area contributed by atoms with E-state index in [1.165, 1.54) is 24.1 Å². The van der Waals surface area contributed by atoms with Crippen LogP contribution in [0.15, 0.2) is 28.3 Å². The summed E-state index contributed by atoms with van der Waals surface area (Å²) in [6, 6.07) is 2.31. The molecule has 2 aromatic carbocycles. The van der Waals surface area contributed by atoms with Crippen LogP contribution in [0.25, 0.3) is 0 Å². The van der Waals surface area contributed by atoms with Gasteiger partial charge >= 0.3 is 0 Å². The molecule has 4 amide bonds. The molecule has 1 N–H and O–H groups in total. The number of nitrogens with zero attached hydrogens (tertiary/aromatic N) is 2. The van der Waals surface area contributed by atoms with E-state index in [4.69, 9.17) is 27.9 Å². The monoisotopic (exact) mass is 790 g/mol. The molecule has 0 bridgehead atoms. The predicted octanol–water partition coefficient (Wildman–Crippen LogP) is 6.75. The van der Waals surface area contributed by atoms with Gasteiger partial charge in [0.15, 0.2) is 44.5 Å². The number of methoxy groups -OCH3 is 1. The number of rotatable bonds is 4. The highest BCUT2D eigenvalue weighted by Crippen LogP contribution is 2.66. The van der Waals surface area contributed by atoms with Gasteiger partial charge < -0.3 is 9.84 Å². The summed E-state index contributed by atoms with van der Waals surface area (Å²) in [7, 11) is 1.24. The standard InChI is InChI=1S/C33H26BrCl2F5N2O6/c1-49-18-10-12(9-17(34)27(18)44)20-14-7-8-15-19(29(46)42(28(15)45)13-5-3-2-4-6-13)16(14)11-32(35)30(47)43(31(48)33(20,32)36)26-24(40)22(38)21(37)23(39)25(26)41/h7,9-10,13,15-16,19-20,44H,2-6,8,11H2,1H3/t15-,16+,19-,20-,32+,33-/m0/s1. The number of ether oxygens (including phenoxy) is 1. The number of fused-ring (bicyclic) bond motifs is 4. The number of hydrogen-bond donors (Lipinski definition) is 1. The molecule has 5 aliphatic rings. The van der Waals surface area contributed by atoms with E-state index < -0.39 is 92.3 Å². The Morgan fingerprint density at radius 2 is 1.49 bits per heavy atom. The molecule has 8 nitrogen and oxygen atoms in total. The topological polar surface area (TPSA) is 104 Å². The van der Waals surface area contributed by atoms with Crippen molar-refractivity contribution in [2.45, 2.75) is 66.7 Å². The summed E-state index contributed by atoms with van der Waals surface area (Å²) in [6.45, 7) is 0. The van der Waals surface area contributed by atoms with Gasteiger partial charge in [-0.15, -0.1) is 23.2 Å². The minimum atomic E-state index is -2.68. The van der Waals surface area contributed by atoms with Crippen LogP contribution in [0.4, 0.5) is 27.6 Å². The Kier molecular flexibility index (Phi) is 8.14. The zero-order valence-corrected chi connectivity index (χ0v) is 28.6. The average Bonchev–Trinajstić information content (AvgIpc) is 3.42. The second-order valence-electron chi connectivity index (χ2n) is 13.1. The van der Waals surface area contributed by atoms with E-state index in [1.807, 2.05) is 0 Å². The van der Waals surface area contributed by atoms with Gasteiger partial charge in [-0.05, 0) is 65.2 Å². The lowest BCUT2D eigenvalue weighted by atomic mass is 9.56. The predicted molar refractivity (Wildman–Crippen MR) is 168 cm³/mol. The van der Waals surface area contributed by atoms with Crippen molar-refractivity contribution in [3.63, 3.8) is 0 Å². The Balaban J connectivity index is 1.44. The van der Waals surface area contributed by atoms with Crippen molar-refractivity contribution < 1.29 is 51.0 Å². The van der Waals surface area contributed by atoms with E-state index in [9.17, 15) is 37.5 Å². The fourth-order valence-corrected chi connectivity index (χ4v) is 9.98. The lowest BCUT2D eigenvalue weighted by molar-refractivity contribution is -0.143. The number of hydrogen-bond acceptors (Lipinski definition) is 6. The molecule has 0 unspecified atom stereocenters. The number of alkyl halides is 2. The number of benzene rings is 2. The third-order valence-corrected chi connectivity index (χ3v) is 12.8. The third kappa shape index (κ3) is 4.44. The molecule has 2 heterocycles. The molecular weight excluding hydrogens is 766 g/mol.